The number of methoxy groups -OCH3 is 1. The van der Waals surface area contributed by atoms with E-state index in [0.29, 0.717) is 25.2 Å². The van der Waals surface area contributed by atoms with Crippen molar-refractivity contribution in [3.8, 4) is 11.5 Å². The van der Waals surface area contributed by atoms with E-state index in [1.54, 1.807) is 40.0 Å². The van der Waals surface area contributed by atoms with Gasteiger partial charge in [0.15, 0.2) is 7.14 Å². The highest BCUT2D eigenvalue weighted by atomic mass is 127. The summed E-state index contributed by atoms with van der Waals surface area (Å²) in [7, 11) is -1.80. The van der Waals surface area contributed by atoms with Crippen molar-refractivity contribution in [2.24, 2.45) is 5.41 Å². The van der Waals surface area contributed by atoms with Gasteiger partial charge >= 0.3 is 5.97 Å². The lowest BCUT2D eigenvalue weighted by molar-refractivity contribution is -0.142. The van der Waals surface area contributed by atoms with Crippen LogP contribution >= 0.6 is 29.7 Å². The van der Waals surface area contributed by atoms with Gasteiger partial charge in [-0.05, 0) is 55.5 Å². The van der Waals surface area contributed by atoms with Gasteiger partial charge in [-0.25, -0.2) is 0 Å². The molecule has 0 fully saturated rings. The van der Waals surface area contributed by atoms with E-state index in [2.05, 4.69) is 22.6 Å². The van der Waals surface area contributed by atoms with Crippen molar-refractivity contribution < 1.29 is 18.8 Å². The molecule has 0 spiro atoms. The number of benzene rings is 3. The Morgan fingerprint density at radius 2 is 1.30 bits per heavy atom. The van der Waals surface area contributed by atoms with E-state index >= 15 is 0 Å². The fourth-order valence-corrected chi connectivity index (χ4v) is 7.50. The highest BCUT2D eigenvalue weighted by Crippen LogP contribution is 2.48. The molecule has 0 amide bonds. The van der Waals surface area contributed by atoms with Crippen LogP contribution in [0.4, 0.5) is 0 Å². The van der Waals surface area contributed by atoms with Crippen LogP contribution in [0.1, 0.15) is 20.8 Å². The monoisotopic (exact) mass is 534 g/mol. The summed E-state index contributed by atoms with van der Waals surface area (Å²) in [4.78, 5) is 12.7. The van der Waals surface area contributed by atoms with Crippen molar-refractivity contribution in [1.29, 1.82) is 0 Å². The molecule has 0 bridgehead atoms. The Bertz CT molecular complexity index is 1050. The van der Waals surface area contributed by atoms with Gasteiger partial charge in [-0.2, -0.15) is 0 Å². The Morgan fingerprint density at radius 3 is 1.73 bits per heavy atom. The Morgan fingerprint density at radius 1 is 0.833 bits per heavy atom. The molecule has 0 unspecified atom stereocenters. The molecule has 0 saturated heterocycles. The molecular weight excluding hydrogens is 510 g/mol. The Kier molecular flexibility index (Phi) is 6.73. The number of halogens is 1. The number of carbonyl (C=O) groups is 1. The topological polar surface area (TPSA) is 52.6 Å². The Hall–Kier alpha value is -2.11. The second-order valence-electron chi connectivity index (χ2n) is 7.85. The average Bonchev–Trinajstić information content (AvgIpc) is 2.74. The summed E-state index contributed by atoms with van der Waals surface area (Å²) in [5.74, 6) is 0.474. The van der Waals surface area contributed by atoms with Gasteiger partial charge in [0.2, 0.25) is 0 Å². The van der Waals surface area contributed by atoms with E-state index in [4.69, 9.17) is 9.47 Å². The average molecular weight is 534 g/mol. The van der Waals surface area contributed by atoms with Crippen molar-refractivity contribution in [1.82, 2.24) is 0 Å². The SMILES string of the molecule is COc1ccc(OC(=O)C(C)(C)C)c(P(=O)(c2ccccc2)c2ccccc2)c1I. The van der Waals surface area contributed by atoms with Crippen LogP contribution < -0.4 is 25.4 Å². The molecule has 30 heavy (non-hydrogen) atoms. The Labute approximate surface area is 191 Å². The maximum absolute atomic E-state index is 14.9. The zero-order chi connectivity index (χ0) is 21.9. The first-order valence-corrected chi connectivity index (χ1v) is 12.3. The summed E-state index contributed by atoms with van der Waals surface area (Å²) < 4.78 is 26.9. The van der Waals surface area contributed by atoms with Gasteiger partial charge in [-0.1, -0.05) is 60.7 Å². The molecule has 0 radical (unpaired) electrons. The van der Waals surface area contributed by atoms with Crippen LogP contribution in [0.3, 0.4) is 0 Å². The van der Waals surface area contributed by atoms with Crippen LogP contribution in [0.15, 0.2) is 72.8 Å². The first-order valence-electron chi connectivity index (χ1n) is 9.50. The van der Waals surface area contributed by atoms with E-state index < -0.39 is 18.5 Å². The van der Waals surface area contributed by atoms with Crippen LogP contribution in [0.5, 0.6) is 11.5 Å². The van der Waals surface area contributed by atoms with Gasteiger partial charge in [0.05, 0.1) is 21.4 Å². The molecule has 6 heteroatoms. The molecule has 0 aliphatic carbocycles. The minimum Gasteiger partial charge on any atom is -0.496 e. The molecule has 0 N–H and O–H groups in total. The summed E-state index contributed by atoms with van der Waals surface area (Å²) in [5, 5.41) is 1.79. The first kappa shape index (κ1) is 22.6. The second-order valence-corrected chi connectivity index (χ2v) is 11.6. The molecule has 0 aliphatic heterocycles. The van der Waals surface area contributed by atoms with Crippen molar-refractivity contribution in [3.63, 3.8) is 0 Å². The third-order valence-electron chi connectivity index (χ3n) is 4.63. The molecule has 156 valence electrons. The van der Waals surface area contributed by atoms with Crippen LogP contribution in [-0.2, 0) is 9.36 Å². The maximum atomic E-state index is 14.9. The minimum absolute atomic E-state index is 0.288. The number of hydrogen-bond acceptors (Lipinski definition) is 4. The van der Waals surface area contributed by atoms with E-state index in [9.17, 15) is 9.36 Å². The summed E-state index contributed by atoms with van der Waals surface area (Å²) in [6.07, 6.45) is 0. The quantitative estimate of drug-likeness (QED) is 0.203. The van der Waals surface area contributed by atoms with Gasteiger partial charge in [-0.3, -0.25) is 4.79 Å². The summed E-state index contributed by atoms with van der Waals surface area (Å²) in [6.45, 7) is 5.37. The molecule has 0 saturated carbocycles. The van der Waals surface area contributed by atoms with Crippen LogP contribution in [0, 0.1) is 8.99 Å². The standard InChI is InChI=1S/C24H24IO4P/c1-24(2,3)23(26)29-20-16-15-19(28-4)21(25)22(20)30(27,17-11-7-5-8-12-17)18-13-9-6-10-14-18/h5-16H,1-4H3. The summed E-state index contributed by atoms with van der Waals surface area (Å²) in [5.41, 5.74) is -0.702. The lowest BCUT2D eigenvalue weighted by Gasteiger charge is -2.25. The zero-order valence-corrected chi connectivity index (χ0v) is 20.4. The third-order valence-corrected chi connectivity index (χ3v) is 9.26. The fourth-order valence-electron chi connectivity index (χ4n) is 3.00. The highest BCUT2D eigenvalue weighted by molar-refractivity contribution is 14.1. The van der Waals surface area contributed by atoms with Gasteiger partial charge in [0, 0.05) is 10.6 Å². The Balaban J connectivity index is 2.36. The predicted molar refractivity (Wildman–Crippen MR) is 130 cm³/mol. The van der Waals surface area contributed by atoms with Gasteiger partial charge in [0.1, 0.15) is 11.5 Å². The largest absolute Gasteiger partial charge is 0.496 e. The number of ether oxygens (including phenoxy) is 2. The van der Waals surface area contributed by atoms with Crippen molar-refractivity contribution >= 4 is 51.6 Å². The van der Waals surface area contributed by atoms with Crippen molar-refractivity contribution in [2.45, 2.75) is 20.8 Å². The fraction of sp³-hybridized carbons (Fsp3) is 0.208. The molecule has 3 aromatic carbocycles. The number of carbonyl (C=O) groups excluding carboxylic acids is 1. The second kappa shape index (κ2) is 8.94. The smallest absolute Gasteiger partial charge is 0.316 e. The van der Waals surface area contributed by atoms with Crippen LogP contribution in [-0.4, -0.2) is 13.1 Å². The third kappa shape index (κ3) is 4.33. The number of rotatable bonds is 5. The van der Waals surface area contributed by atoms with Gasteiger partial charge in [0.25, 0.3) is 0 Å². The molecule has 0 atom stereocenters. The van der Waals surface area contributed by atoms with E-state index in [1.165, 1.54) is 0 Å². The lowest BCUT2D eigenvalue weighted by Crippen LogP contribution is -2.32. The van der Waals surface area contributed by atoms with Crippen LogP contribution in [0.25, 0.3) is 0 Å². The molecule has 0 aromatic heterocycles. The van der Waals surface area contributed by atoms with Gasteiger partial charge in [-0.15, -0.1) is 0 Å². The van der Waals surface area contributed by atoms with Crippen molar-refractivity contribution in [2.75, 3.05) is 7.11 Å². The molecular formula is C24H24IO4P. The van der Waals surface area contributed by atoms with E-state index in [1.807, 2.05) is 60.7 Å². The van der Waals surface area contributed by atoms with E-state index in [-0.39, 0.29) is 5.75 Å². The maximum Gasteiger partial charge on any atom is 0.316 e. The molecule has 0 aliphatic rings. The molecule has 3 aromatic rings. The van der Waals surface area contributed by atoms with Gasteiger partial charge < -0.3 is 14.0 Å². The lowest BCUT2D eigenvalue weighted by atomic mass is 9.97. The molecule has 0 heterocycles. The van der Waals surface area contributed by atoms with Crippen LogP contribution in [0.2, 0.25) is 0 Å². The van der Waals surface area contributed by atoms with Crippen molar-refractivity contribution in [3.05, 3.63) is 76.4 Å². The molecule has 3 rings (SSSR count). The molecule has 4 nitrogen and oxygen atoms in total. The summed E-state index contributed by atoms with van der Waals surface area (Å²) >= 11 is 2.12. The highest BCUT2D eigenvalue weighted by Gasteiger charge is 2.37. The number of esters is 1. The normalized spacial score (nSPS) is 11.8. The summed E-state index contributed by atoms with van der Waals surface area (Å²) in [6, 6.07) is 22.0. The number of hydrogen-bond donors (Lipinski definition) is 0. The minimum atomic E-state index is -3.37. The van der Waals surface area contributed by atoms with E-state index in [0.717, 1.165) is 0 Å². The first-order chi connectivity index (χ1) is 14.2. The zero-order valence-electron chi connectivity index (χ0n) is 17.4. The predicted octanol–water partition coefficient (Wildman–Crippen LogP) is 4.89.